The molecule has 2 aromatic rings. The smallest absolute Gasteiger partial charge is 0.256 e. The van der Waals surface area contributed by atoms with Crippen molar-refractivity contribution in [1.29, 1.82) is 5.26 Å². The van der Waals surface area contributed by atoms with E-state index in [2.05, 4.69) is 0 Å². The zero-order chi connectivity index (χ0) is 18.0. The Morgan fingerprint density at radius 2 is 1.76 bits per heavy atom. The lowest BCUT2D eigenvalue weighted by molar-refractivity contribution is 0.0742. The second-order valence-electron chi connectivity index (χ2n) is 5.68. The van der Waals surface area contributed by atoms with Crippen molar-refractivity contribution in [2.24, 2.45) is 0 Å². The highest BCUT2D eigenvalue weighted by Gasteiger charge is 2.25. The first-order valence-electron chi connectivity index (χ1n) is 7.68. The normalized spacial score (nSPS) is 14.3. The van der Waals surface area contributed by atoms with E-state index in [-0.39, 0.29) is 16.1 Å². The summed E-state index contributed by atoms with van der Waals surface area (Å²) in [5.74, 6) is -1.53. The van der Waals surface area contributed by atoms with E-state index in [0.29, 0.717) is 31.9 Å². The van der Waals surface area contributed by atoms with Gasteiger partial charge in [0.05, 0.1) is 22.9 Å². The largest absolute Gasteiger partial charge is 0.366 e. The molecule has 3 rings (SSSR count). The molecule has 1 aliphatic rings. The number of nitriles is 1. The summed E-state index contributed by atoms with van der Waals surface area (Å²) in [6, 6.07) is 10.1. The van der Waals surface area contributed by atoms with Crippen LogP contribution in [0, 0.1) is 23.0 Å². The summed E-state index contributed by atoms with van der Waals surface area (Å²) in [5.41, 5.74) is 0.624. The standard InChI is InChI=1S/C18H14ClF2N3O/c19-13-2-3-14(15(20)10-13)18(25)24-7-5-23(6-8-24)17-4-1-12(11-22)9-16(17)21/h1-4,9-10H,5-8H2. The van der Waals surface area contributed by atoms with Gasteiger partial charge in [-0.25, -0.2) is 8.78 Å². The minimum absolute atomic E-state index is 0.0256. The van der Waals surface area contributed by atoms with Gasteiger partial charge in [0.15, 0.2) is 0 Å². The Hall–Kier alpha value is -2.65. The molecule has 1 aliphatic heterocycles. The molecule has 128 valence electrons. The topological polar surface area (TPSA) is 47.3 Å². The van der Waals surface area contributed by atoms with Crippen molar-refractivity contribution in [2.45, 2.75) is 0 Å². The van der Waals surface area contributed by atoms with E-state index in [1.54, 1.807) is 17.0 Å². The Labute approximate surface area is 148 Å². The summed E-state index contributed by atoms with van der Waals surface area (Å²) in [6.45, 7) is 1.54. The second kappa shape index (κ2) is 7.08. The quantitative estimate of drug-likeness (QED) is 0.823. The first-order chi connectivity index (χ1) is 12.0. The number of hydrogen-bond donors (Lipinski definition) is 0. The van der Waals surface area contributed by atoms with Crippen molar-refractivity contribution in [3.05, 3.63) is 64.2 Å². The van der Waals surface area contributed by atoms with Gasteiger partial charge < -0.3 is 9.80 Å². The van der Waals surface area contributed by atoms with Gasteiger partial charge in [0.25, 0.3) is 5.91 Å². The number of carbonyl (C=O) groups is 1. The predicted octanol–water partition coefficient (Wildman–Crippen LogP) is 3.45. The highest BCUT2D eigenvalue weighted by Crippen LogP contribution is 2.23. The number of halogens is 3. The molecule has 1 saturated heterocycles. The lowest BCUT2D eigenvalue weighted by Crippen LogP contribution is -2.49. The molecule has 0 atom stereocenters. The van der Waals surface area contributed by atoms with Crippen molar-refractivity contribution in [3.8, 4) is 6.07 Å². The van der Waals surface area contributed by atoms with Crippen LogP contribution in [0.2, 0.25) is 5.02 Å². The predicted molar refractivity (Wildman–Crippen MR) is 90.6 cm³/mol. The molecule has 0 saturated carbocycles. The number of anilines is 1. The van der Waals surface area contributed by atoms with Gasteiger partial charge in [-0.3, -0.25) is 4.79 Å². The first kappa shape index (κ1) is 17.2. The van der Waals surface area contributed by atoms with Gasteiger partial charge in [-0.2, -0.15) is 5.26 Å². The van der Waals surface area contributed by atoms with Crippen molar-refractivity contribution in [2.75, 3.05) is 31.1 Å². The van der Waals surface area contributed by atoms with E-state index in [4.69, 9.17) is 16.9 Å². The van der Waals surface area contributed by atoms with E-state index >= 15 is 0 Å². The van der Waals surface area contributed by atoms with E-state index in [1.165, 1.54) is 23.1 Å². The summed E-state index contributed by atoms with van der Waals surface area (Å²) in [5, 5.41) is 9.03. The third kappa shape index (κ3) is 3.57. The molecular weight excluding hydrogens is 348 g/mol. The van der Waals surface area contributed by atoms with Crippen LogP contribution < -0.4 is 4.90 Å². The van der Waals surface area contributed by atoms with Gasteiger partial charge >= 0.3 is 0 Å². The van der Waals surface area contributed by atoms with Crippen LogP contribution in [0.4, 0.5) is 14.5 Å². The van der Waals surface area contributed by atoms with Gasteiger partial charge in [-0.1, -0.05) is 11.6 Å². The molecule has 0 unspecified atom stereocenters. The van der Waals surface area contributed by atoms with Gasteiger partial charge in [0, 0.05) is 31.2 Å². The van der Waals surface area contributed by atoms with Crippen molar-refractivity contribution < 1.29 is 13.6 Å². The van der Waals surface area contributed by atoms with Gasteiger partial charge in [0.1, 0.15) is 11.6 Å². The van der Waals surface area contributed by atoms with E-state index < -0.39 is 17.5 Å². The van der Waals surface area contributed by atoms with Crippen molar-refractivity contribution >= 4 is 23.2 Å². The average Bonchev–Trinajstić information content (AvgIpc) is 2.61. The number of piperazine rings is 1. The molecular formula is C18H14ClF2N3O. The van der Waals surface area contributed by atoms with Crippen LogP contribution in [0.15, 0.2) is 36.4 Å². The van der Waals surface area contributed by atoms with Crippen LogP contribution in [0.25, 0.3) is 0 Å². The molecule has 1 fully saturated rings. The maximum atomic E-state index is 14.1. The number of amides is 1. The molecule has 0 bridgehead atoms. The Balaban J connectivity index is 1.69. The fraction of sp³-hybridized carbons (Fsp3) is 0.222. The SMILES string of the molecule is N#Cc1ccc(N2CCN(C(=O)c3ccc(Cl)cc3F)CC2)c(F)c1. The summed E-state index contributed by atoms with van der Waals surface area (Å²) in [4.78, 5) is 15.8. The molecule has 7 heteroatoms. The second-order valence-corrected chi connectivity index (χ2v) is 6.12. The van der Waals surface area contributed by atoms with Crippen LogP contribution in [-0.4, -0.2) is 37.0 Å². The minimum Gasteiger partial charge on any atom is -0.366 e. The number of carbonyl (C=O) groups excluding carboxylic acids is 1. The Morgan fingerprint density at radius 3 is 2.36 bits per heavy atom. The van der Waals surface area contributed by atoms with Crippen LogP contribution >= 0.6 is 11.6 Å². The number of hydrogen-bond acceptors (Lipinski definition) is 3. The molecule has 0 aromatic heterocycles. The van der Waals surface area contributed by atoms with Crippen LogP contribution in [-0.2, 0) is 0 Å². The Bertz CT molecular complexity index is 858. The lowest BCUT2D eigenvalue weighted by Gasteiger charge is -2.36. The molecule has 1 heterocycles. The molecule has 4 nitrogen and oxygen atoms in total. The molecule has 0 N–H and O–H groups in total. The maximum Gasteiger partial charge on any atom is 0.256 e. The summed E-state index contributed by atoms with van der Waals surface area (Å²) in [6.07, 6.45) is 0. The van der Waals surface area contributed by atoms with Gasteiger partial charge in [-0.05, 0) is 36.4 Å². The summed E-state index contributed by atoms with van der Waals surface area (Å²) < 4.78 is 28.0. The Kier molecular flexibility index (Phi) is 4.86. The van der Waals surface area contributed by atoms with Gasteiger partial charge in [0.2, 0.25) is 0 Å². The minimum atomic E-state index is -0.655. The highest BCUT2D eigenvalue weighted by molar-refractivity contribution is 6.30. The third-order valence-electron chi connectivity index (χ3n) is 4.15. The third-order valence-corrected chi connectivity index (χ3v) is 4.38. The molecule has 1 amide bonds. The molecule has 0 radical (unpaired) electrons. The first-order valence-corrected chi connectivity index (χ1v) is 8.06. The number of benzene rings is 2. The van der Waals surface area contributed by atoms with E-state index in [0.717, 1.165) is 6.07 Å². The zero-order valence-corrected chi connectivity index (χ0v) is 13.9. The number of nitrogens with zero attached hydrogens (tertiary/aromatic N) is 3. The fourth-order valence-electron chi connectivity index (χ4n) is 2.82. The fourth-order valence-corrected chi connectivity index (χ4v) is 2.98. The van der Waals surface area contributed by atoms with E-state index in [9.17, 15) is 13.6 Å². The Morgan fingerprint density at radius 1 is 1.04 bits per heavy atom. The van der Waals surface area contributed by atoms with Crippen molar-refractivity contribution in [3.63, 3.8) is 0 Å². The highest BCUT2D eigenvalue weighted by atomic mass is 35.5. The molecule has 0 spiro atoms. The molecule has 2 aromatic carbocycles. The molecule has 25 heavy (non-hydrogen) atoms. The maximum absolute atomic E-state index is 14.1. The summed E-state index contributed by atoms with van der Waals surface area (Å²) >= 11 is 5.70. The monoisotopic (exact) mass is 361 g/mol. The summed E-state index contributed by atoms with van der Waals surface area (Å²) in [7, 11) is 0. The van der Waals surface area contributed by atoms with Gasteiger partial charge in [-0.15, -0.1) is 0 Å². The van der Waals surface area contributed by atoms with Crippen LogP contribution in [0.5, 0.6) is 0 Å². The van der Waals surface area contributed by atoms with E-state index in [1.807, 2.05) is 6.07 Å². The lowest BCUT2D eigenvalue weighted by atomic mass is 10.1. The molecule has 0 aliphatic carbocycles. The zero-order valence-electron chi connectivity index (χ0n) is 13.2. The number of rotatable bonds is 2. The van der Waals surface area contributed by atoms with Crippen LogP contribution in [0.1, 0.15) is 15.9 Å². The van der Waals surface area contributed by atoms with Crippen molar-refractivity contribution in [1.82, 2.24) is 4.90 Å². The van der Waals surface area contributed by atoms with Crippen LogP contribution in [0.3, 0.4) is 0 Å². The average molecular weight is 362 g/mol.